The highest BCUT2D eigenvalue weighted by Crippen LogP contribution is 2.33. The maximum atomic E-state index is 12.6. The van der Waals surface area contributed by atoms with Crippen molar-refractivity contribution in [2.45, 2.75) is 32.9 Å². The van der Waals surface area contributed by atoms with Gasteiger partial charge in [0.15, 0.2) is 0 Å². The van der Waals surface area contributed by atoms with Gasteiger partial charge in [-0.15, -0.1) is 0 Å². The first-order valence-corrected chi connectivity index (χ1v) is 10.3. The summed E-state index contributed by atoms with van der Waals surface area (Å²) in [4.78, 5) is 26.9. The lowest BCUT2D eigenvalue weighted by atomic mass is 10.1. The predicted molar refractivity (Wildman–Crippen MR) is 120 cm³/mol. The van der Waals surface area contributed by atoms with Gasteiger partial charge in [0.25, 0.3) is 11.8 Å². The van der Waals surface area contributed by atoms with Gasteiger partial charge in [-0.3, -0.25) is 20.4 Å². The monoisotopic (exact) mass is 418 g/mol. The largest absolute Gasteiger partial charge is 0.467 e. The van der Waals surface area contributed by atoms with E-state index < -0.39 is 5.91 Å². The molecule has 2 amide bonds. The first-order chi connectivity index (χ1) is 15.0. The number of hydrazine groups is 1. The number of hydrogen-bond donors (Lipinski definition) is 3. The van der Waals surface area contributed by atoms with Crippen molar-refractivity contribution in [1.29, 1.82) is 0 Å². The van der Waals surface area contributed by atoms with E-state index in [9.17, 15) is 9.59 Å². The number of carbonyl (C=O) groups excluding carboxylic acids is 2. The van der Waals surface area contributed by atoms with Crippen molar-refractivity contribution in [3.63, 3.8) is 0 Å². The van der Waals surface area contributed by atoms with Gasteiger partial charge in [-0.25, -0.2) is 0 Å². The Morgan fingerprint density at radius 3 is 2.65 bits per heavy atom. The van der Waals surface area contributed by atoms with Gasteiger partial charge < -0.3 is 14.6 Å². The van der Waals surface area contributed by atoms with Crippen LogP contribution in [0.5, 0.6) is 0 Å². The molecule has 7 nitrogen and oxygen atoms in total. The topological polar surface area (TPSA) is 86.6 Å². The summed E-state index contributed by atoms with van der Waals surface area (Å²) in [5, 5.41) is 3.02. The average molecular weight is 418 g/mol. The lowest BCUT2D eigenvalue weighted by Gasteiger charge is -2.24. The molecule has 31 heavy (non-hydrogen) atoms. The molecule has 3 aromatic rings. The van der Waals surface area contributed by atoms with Crippen LogP contribution in [0, 0.1) is 6.92 Å². The zero-order chi connectivity index (χ0) is 21.8. The van der Waals surface area contributed by atoms with Crippen molar-refractivity contribution in [1.82, 2.24) is 10.9 Å². The van der Waals surface area contributed by atoms with Gasteiger partial charge in [-0.1, -0.05) is 35.9 Å². The molecule has 0 aliphatic carbocycles. The van der Waals surface area contributed by atoms with E-state index in [1.165, 1.54) is 11.8 Å². The number of rotatable bonds is 6. The number of anilines is 2. The molecule has 1 aliphatic rings. The number of aryl methyl sites for hydroxylation is 1. The molecule has 0 spiro atoms. The van der Waals surface area contributed by atoms with Crippen LogP contribution >= 0.6 is 0 Å². The minimum atomic E-state index is -0.410. The van der Waals surface area contributed by atoms with E-state index in [2.05, 4.69) is 40.1 Å². The Morgan fingerprint density at radius 1 is 1.06 bits per heavy atom. The second-order valence-corrected chi connectivity index (χ2v) is 7.79. The summed E-state index contributed by atoms with van der Waals surface area (Å²) >= 11 is 0. The number of nitrogens with one attached hydrogen (secondary N) is 3. The molecular formula is C24H26N4O3. The smallest absolute Gasteiger partial charge is 0.273 e. The molecule has 1 aromatic heterocycles. The Kier molecular flexibility index (Phi) is 5.93. The van der Waals surface area contributed by atoms with Gasteiger partial charge in [-0.05, 0) is 50.1 Å². The number of carbonyl (C=O) groups is 2. The van der Waals surface area contributed by atoms with Crippen LogP contribution in [0.3, 0.4) is 0 Å². The summed E-state index contributed by atoms with van der Waals surface area (Å²) in [5.74, 6) is -0.193. The van der Waals surface area contributed by atoms with Crippen molar-refractivity contribution >= 4 is 23.2 Å². The van der Waals surface area contributed by atoms with Crippen molar-refractivity contribution in [3.05, 3.63) is 83.3 Å². The SMILES string of the molecule is Cc1ccc(NCC(=O)NNC(=O)c2ccoc2CN2c3ccccc3CC2C)cc1. The molecule has 0 saturated carbocycles. The van der Waals surface area contributed by atoms with Crippen molar-refractivity contribution in [3.8, 4) is 0 Å². The van der Waals surface area contributed by atoms with Crippen LogP contribution in [-0.4, -0.2) is 24.4 Å². The Hall–Kier alpha value is -3.74. The maximum Gasteiger partial charge on any atom is 0.273 e. The Labute approximate surface area is 181 Å². The number of fused-ring (bicyclic) bond motifs is 1. The molecule has 2 heterocycles. The van der Waals surface area contributed by atoms with Gasteiger partial charge in [-0.2, -0.15) is 0 Å². The molecule has 1 atom stereocenters. The molecule has 7 heteroatoms. The van der Waals surface area contributed by atoms with Crippen LogP contribution in [0.2, 0.25) is 0 Å². The highest BCUT2D eigenvalue weighted by atomic mass is 16.3. The number of hydrogen-bond acceptors (Lipinski definition) is 5. The molecular weight excluding hydrogens is 392 g/mol. The first-order valence-electron chi connectivity index (χ1n) is 10.3. The van der Waals surface area contributed by atoms with E-state index in [0.29, 0.717) is 23.9 Å². The fourth-order valence-corrected chi connectivity index (χ4v) is 3.78. The molecule has 2 aromatic carbocycles. The number of amides is 2. The van der Waals surface area contributed by atoms with Crippen LogP contribution in [0.25, 0.3) is 0 Å². The summed E-state index contributed by atoms with van der Waals surface area (Å²) in [5.41, 5.74) is 9.75. The van der Waals surface area contributed by atoms with Gasteiger partial charge in [0.05, 0.1) is 24.9 Å². The summed E-state index contributed by atoms with van der Waals surface area (Å²) < 4.78 is 5.61. The molecule has 0 radical (unpaired) electrons. The Bertz CT molecular complexity index is 1070. The van der Waals surface area contributed by atoms with Crippen LogP contribution < -0.4 is 21.1 Å². The van der Waals surface area contributed by atoms with E-state index in [4.69, 9.17) is 4.42 Å². The quantitative estimate of drug-likeness (QED) is 0.534. The molecule has 1 unspecified atom stereocenters. The Balaban J connectivity index is 1.32. The average Bonchev–Trinajstić information content (AvgIpc) is 3.36. The molecule has 0 fully saturated rings. The van der Waals surface area contributed by atoms with E-state index in [0.717, 1.165) is 23.4 Å². The molecule has 160 valence electrons. The fraction of sp³-hybridized carbons (Fsp3) is 0.250. The van der Waals surface area contributed by atoms with E-state index in [-0.39, 0.29) is 12.5 Å². The minimum Gasteiger partial charge on any atom is -0.467 e. The fourth-order valence-electron chi connectivity index (χ4n) is 3.78. The zero-order valence-electron chi connectivity index (χ0n) is 17.6. The summed E-state index contributed by atoms with van der Waals surface area (Å²) in [7, 11) is 0. The summed E-state index contributed by atoms with van der Waals surface area (Å²) in [6, 6.07) is 17.9. The molecule has 3 N–H and O–H groups in total. The summed E-state index contributed by atoms with van der Waals surface area (Å²) in [6.45, 7) is 4.68. The van der Waals surface area contributed by atoms with E-state index in [1.54, 1.807) is 6.07 Å². The highest BCUT2D eigenvalue weighted by Gasteiger charge is 2.28. The van der Waals surface area contributed by atoms with Crippen molar-refractivity contribution < 1.29 is 14.0 Å². The lowest BCUT2D eigenvalue weighted by molar-refractivity contribution is -0.120. The van der Waals surface area contributed by atoms with Gasteiger partial charge in [0, 0.05) is 17.4 Å². The van der Waals surface area contributed by atoms with Gasteiger partial charge in [0.2, 0.25) is 0 Å². The molecule has 0 bridgehead atoms. The van der Waals surface area contributed by atoms with Gasteiger partial charge >= 0.3 is 0 Å². The standard InChI is InChI=1S/C24H26N4O3/c1-16-7-9-19(10-8-16)25-14-23(29)26-27-24(30)20-11-12-31-22(20)15-28-17(2)13-18-5-3-4-6-21(18)28/h3-12,17,25H,13-15H2,1-2H3,(H,26,29)(H,27,30). The van der Waals surface area contributed by atoms with E-state index in [1.807, 2.05) is 43.3 Å². The van der Waals surface area contributed by atoms with Gasteiger partial charge in [0.1, 0.15) is 5.76 Å². The third-order valence-corrected chi connectivity index (χ3v) is 5.47. The third-order valence-electron chi connectivity index (χ3n) is 5.47. The van der Waals surface area contributed by atoms with Crippen molar-refractivity contribution in [2.75, 3.05) is 16.8 Å². The maximum absolute atomic E-state index is 12.6. The number of benzene rings is 2. The second kappa shape index (κ2) is 8.95. The minimum absolute atomic E-state index is 0.0453. The number of furan rings is 1. The molecule has 1 aliphatic heterocycles. The van der Waals surface area contributed by atoms with E-state index >= 15 is 0 Å². The zero-order valence-corrected chi connectivity index (χ0v) is 17.6. The van der Waals surface area contributed by atoms with Crippen LogP contribution in [0.15, 0.2) is 65.3 Å². The van der Waals surface area contributed by atoms with Crippen LogP contribution in [0.4, 0.5) is 11.4 Å². The highest BCUT2D eigenvalue weighted by molar-refractivity contribution is 5.96. The first kappa shape index (κ1) is 20.5. The number of para-hydroxylation sites is 1. The predicted octanol–water partition coefficient (Wildman–Crippen LogP) is 3.41. The third kappa shape index (κ3) is 4.71. The molecule has 0 saturated heterocycles. The van der Waals surface area contributed by atoms with Crippen LogP contribution in [-0.2, 0) is 17.8 Å². The summed E-state index contributed by atoms with van der Waals surface area (Å²) in [6.07, 6.45) is 2.46. The lowest BCUT2D eigenvalue weighted by Crippen LogP contribution is -2.44. The normalized spacial score (nSPS) is 14.8. The van der Waals surface area contributed by atoms with Crippen LogP contribution in [0.1, 0.15) is 34.2 Å². The molecule has 4 rings (SSSR count). The second-order valence-electron chi connectivity index (χ2n) is 7.79. The number of nitrogens with zero attached hydrogens (tertiary/aromatic N) is 1. The van der Waals surface area contributed by atoms with Crippen molar-refractivity contribution in [2.24, 2.45) is 0 Å². The Morgan fingerprint density at radius 2 is 1.84 bits per heavy atom.